The number of benzene rings is 2. The molecule has 0 radical (unpaired) electrons. The lowest BCUT2D eigenvalue weighted by atomic mass is 10.2. The van der Waals surface area contributed by atoms with E-state index in [1.54, 1.807) is 16.8 Å². The Kier molecular flexibility index (Phi) is 7.08. The quantitative estimate of drug-likeness (QED) is 0.349. The van der Waals surface area contributed by atoms with Gasteiger partial charge in [0.2, 0.25) is 12.3 Å². The summed E-state index contributed by atoms with van der Waals surface area (Å²) >= 11 is 6.22. The lowest BCUT2D eigenvalue weighted by Gasteiger charge is -2.35. The molecule has 0 saturated carbocycles. The topological polar surface area (TPSA) is 68.9 Å². The van der Waals surface area contributed by atoms with Crippen molar-refractivity contribution >= 4 is 41.2 Å². The van der Waals surface area contributed by atoms with Crippen molar-refractivity contribution in [1.82, 2.24) is 14.5 Å². The van der Waals surface area contributed by atoms with Crippen molar-refractivity contribution in [2.45, 2.75) is 27.3 Å². The first-order valence-corrected chi connectivity index (χ1v) is 13.6. The Morgan fingerprint density at radius 1 is 1.09 bits per heavy atom. The molecule has 7 nitrogen and oxygen atoms in total. The number of hydrogen-bond acceptors (Lipinski definition) is 6. The van der Waals surface area contributed by atoms with E-state index in [0.29, 0.717) is 23.8 Å². The van der Waals surface area contributed by atoms with Gasteiger partial charge in [0, 0.05) is 18.7 Å². The van der Waals surface area contributed by atoms with Gasteiger partial charge in [-0.25, -0.2) is 14.1 Å². The smallest absolute Gasteiger partial charge is 0.338 e. The van der Waals surface area contributed by atoms with E-state index in [-0.39, 0.29) is 12.6 Å². The van der Waals surface area contributed by atoms with Crippen molar-refractivity contribution < 1.29 is 14.1 Å². The van der Waals surface area contributed by atoms with Crippen LogP contribution in [0.25, 0.3) is 0 Å². The molecule has 172 valence electrons. The number of nitrogens with zero attached hydrogens (tertiary/aromatic N) is 4. The Bertz CT molecular complexity index is 1210. The van der Waals surface area contributed by atoms with E-state index in [4.69, 9.17) is 31.2 Å². The fraction of sp³-hybridized carbons (Fsp3) is 0.292. The molecule has 0 aliphatic carbocycles. The maximum atomic E-state index is 12.3. The number of aliphatic imine (C=N–C) groups is 1. The number of rotatable bonds is 8. The van der Waals surface area contributed by atoms with Gasteiger partial charge in [-0.3, -0.25) is 0 Å². The maximum absolute atomic E-state index is 12.3. The molecule has 0 amide bonds. The summed E-state index contributed by atoms with van der Waals surface area (Å²) in [5.41, 5.74) is 2.18. The highest BCUT2D eigenvalue weighted by atomic mass is 32.4. The largest absolute Gasteiger partial charge is 0.460 e. The minimum atomic E-state index is -2.61. The van der Waals surface area contributed by atoms with E-state index in [0.717, 1.165) is 29.7 Å². The Morgan fingerprint density at radius 3 is 2.36 bits per heavy atom. The van der Waals surface area contributed by atoms with Gasteiger partial charge in [-0.05, 0) is 43.0 Å². The molecule has 0 saturated heterocycles. The van der Waals surface area contributed by atoms with Crippen LogP contribution < -0.4 is 5.30 Å². The van der Waals surface area contributed by atoms with Crippen LogP contribution in [0.15, 0.2) is 65.7 Å². The SMILES string of the molecule is CCN(CC)[P@]1(=S)OC(c2ccccc2)=Nc2c1c(C)nn2CCOC(=O)c1ccccc1. The van der Waals surface area contributed by atoms with Crippen molar-refractivity contribution in [1.29, 1.82) is 0 Å². The average molecular weight is 483 g/mol. The van der Waals surface area contributed by atoms with Gasteiger partial charge in [-0.1, -0.05) is 50.2 Å². The van der Waals surface area contributed by atoms with E-state index in [1.807, 2.05) is 55.5 Å². The van der Waals surface area contributed by atoms with Crippen molar-refractivity contribution in [3.8, 4) is 0 Å². The molecule has 3 aromatic rings. The summed E-state index contributed by atoms with van der Waals surface area (Å²) in [7, 11) is 0. The van der Waals surface area contributed by atoms with E-state index in [1.165, 1.54) is 0 Å². The number of fused-ring (bicyclic) bond motifs is 1. The molecule has 0 spiro atoms. The number of carbonyl (C=O) groups excluding carboxylic acids is 1. The highest BCUT2D eigenvalue weighted by Crippen LogP contribution is 2.55. The number of aryl methyl sites for hydroxylation is 1. The van der Waals surface area contributed by atoms with E-state index < -0.39 is 6.42 Å². The van der Waals surface area contributed by atoms with Crippen molar-refractivity contribution in [3.05, 3.63) is 77.5 Å². The Morgan fingerprint density at radius 2 is 1.73 bits per heavy atom. The van der Waals surface area contributed by atoms with Crippen LogP contribution in [0, 0.1) is 6.92 Å². The molecule has 0 unspecified atom stereocenters. The molecule has 4 rings (SSSR count). The summed E-state index contributed by atoms with van der Waals surface area (Å²) in [4.78, 5) is 17.1. The van der Waals surface area contributed by atoms with Gasteiger partial charge in [-0.15, -0.1) is 0 Å². The lowest BCUT2D eigenvalue weighted by molar-refractivity contribution is 0.0488. The van der Waals surface area contributed by atoms with E-state index in [2.05, 4.69) is 18.5 Å². The van der Waals surface area contributed by atoms with Crippen LogP contribution in [0.4, 0.5) is 5.82 Å². The Labute approximate surface area is 199 Å². The van der Waals surface area contributed by atoms with Crippen molar-refractivity contribution in [2.24, 2.45) is 4.99 Å². The number of esters is 1. The molecule has 9 heteroatoms. The van der Waals surface area contributed by atoms with Gasteiger partial charge in [0.05, 0.1) is 17.8 Å². The summed E-state index contributed by atoms with van der Waals surface area (Å²) in [6.07, 6.45) is -2.61. The standard InChI is InChI=1S/C24H27N4O3PS/c1-4-27(5-2)32(33)21-18(3)26-28(16-17-30-24(29)20-14-10-7-11-15-20)22(21)25-23(31-32)19-12-8-6-9-13-19/h6-15H,4-5,16-17H2,1-3H3/t32-/m0/s1. The molecule has 1 aromatic heterocycles. The van der Waals surface area contributed by atoms with Gasteiger partial charge in [-0.2, -0.15) is 10.1 Å². The fourth-order valence-corrected chi connectivity index (χ4v) is 7.84. The molecule has 0 bridgehead atoms. The first-order valence-electron chi connectivity index (χ1n) is 11.0. The molecule has 1 aliphatic rings. The summed E-state index contributed by atoms with van der Waals surface area (Å²) < 4.78 is 15.9. The third kappa shape index (κ3) is 4.64. The van der Waals surface area contributed by atoms with Crippen molar-refractivity contribution in [2.75, 3.05) is 19.7 Å². The maximum Gasteiger partial charge on any atom is 0.338 e. The second kappa shape index (κ2) is 10.00. The van der Waals surface area contributed by atoms with E-state index in [9.17, 15) is 4.79 Å². The molecule has 1 atom stereocenters. The number of hydrogen-bond donors (Lipinski definition) is 0. The number of ether oxygens (including phenoxy) is 1. The predicted octanol–water partition coefficient (Wildman–Crippen LogP) is 4.43. The molecule has 2 heterocycles. The van der Waals surface area contributed by atoms with Gasteiger partial charge in [0.15, 0.2) is 5.82 Å². The van der Waals surface area contributed by atoms with Gasteiger partial charge in [0.25, 0.3) is 0 Å². The summed E-state index contributed by atoms with van der Waals surface area (Å²) in [5.74, 6) is 0.822. The zero-order valence-corrected chi connectivity index (χ0v) is 20.7. The second-order valence-corrected chi connectivity index (χ2v) is 11.2. The lowest BCUT2D eigenvalue weighted by Crippen LogP contribution is -2.32. The highest BCUT2D eigenvalue weighted by Gasteiger charge is 2.40. The number of carbonyl (C=O) groups is 1. The van der Waals surface area contributed by atoms with Gasteiger partial charge < -0.3 is 9.26 Å². The normalized spacial score (nSPS) is 17.3. The molecule has 0 N–H and O–H groups in total. The number of aromatic nitrogens is 2. The van der Waals surface area contributed by atoms with Crippen LogP contribution in [0.3, 0.4) is 0 Å². The van der Waals surface area contributed by atoms with Crippen LogP contribution in [0.2, 0.25) is 0 Å². The van der Waals surface area contributed by atoms with Crippen LogP contribution >= 0.6 is 6.42 Å². The van der Waals surface area contributed by atoms with Crippen LogP contribution in [-0.2, 0) is 27.6 Å². The first kappa shape index (κ1) is 23.4. The van der Waals surface area contributed by atoms with Crippen LogP contribution in [0.5, 0.6) is 0 Å². The molecular formula is C24H27N4O3PS. The van der Waals surface area contributed by atoms with Crippen LogP contribution in [-0.4, -0.2) is 46.0 Å². The van der Waals surface area contributed by atoms with E-state index >= 15 is 0 Å². The van der Waals surface area contributed by atoms with Crippen LogP contribution in [0.1, 0.15) is 35.5 Å². The molecular weight excluding hydrogens is 455 g/mol. The summed E-state index contributed by atoms with van der Waals surface area (Å²) in [6.45, 7) is 8.15. The first-order chi connectivity index (χ1) is 16.0. The zero-order valence-electron chi connectivity index (χ0n) is 19.0. The van der Waals surface area contributed by atoms with Gasteiger partial charge in [0.1, 0.15) is 11.9 Å². The Balaban J connectivity index is 1.67. The zero-order chi connectivity index (χ0) is 23.4. The third-order valence-electron chi connectivity index (χ3n) is 5.44. The monoisotopic (exact) mass is 482 g/mol. The predicted molar refractivity (Wildman–Crippen MR) is 134 cm³/mol. The fourth-order valence-electron chi connectivity index (χ4n) is 3.81. The minimum Gasteiger partial charge on any atom is -0.460 e. The van der Waals surface area contributed by atoms with Gasteiger partial charge >= 0.3 is 5.97 Å². The molecule has 2 aromatic carbocycles. The molecule has 33 heavy (non-hydrogen) atoms. The van der Waals surface area contributed by atoms with Crippen molar-refractivity contribution in [3.63, 3.8) is 0 Å². The summed E-state index contributed by atoms with van der Waals surface area (Å²) in [6, 6.07) is 18.7. The molecule has 1 aliphatic heterocycles. The second-order valence-electron chi connectivity index (χ2n) is 7.52. The Hall–Kier alpha value is -2.80. The minimum absolute atomic E-state index is 0.173. The highest BCUT2D eigenvalue weighted by molar-refractivity contribution is 8.15. The molecule has 0 fully saturated rings. The third-order valence-corrected chi connectivity index (χ3v) is 9.72. The average Bonchev–Trinajstić information content (AvgIpc) is 3.16. The summed E-state index contributed by atoms with van der Waals surface area (Å²) in [5, 5.41) is 5.58.